The fourth-order valence-corrected chi connectivity index (χ4v) is 4.13. The summed E-state index contributed by atoms with van der Waals surface area (Å²) < 4.78 is 0. The number of fused-ring (bicyclic) bond motifs is 1. The minimum absolute atomic E-state index is 0.0825. The number of ketones is 1. The fourth-order valence-electron chi connectivity index (χ4n) is 2.64. The summed E-state index contributed by atoms with van der Waals surface area (Å²) >= 11 is 12.9. The molecule has 0 aliphatic heterocycles. The smallest absolute Gasteiger partial charge is 0.239 e. The Morgan fingerprint density at radius 1 is 1.18 bits per heavy atom. The highest BCUT2D eigenvalue weighted by atomic mass is 35.5. The number of aryl methyl sites for hydroxylation is 1. The maximum absolute atomic E-state index is 12.8. The van der Waals surface area contributed by atoms with Crippen molar-refractivity contribution in [2.75, 3.05) is 11.2 Å². The molecule has 1 aromatic carbocycles. The Bertz CT molecular complexity index is 737. The lowest BCUT2D eigenvalue weighted by Crippen LogP contribution is -2.15. The largest absolute Gasteiger partial charge is 0.316 e. The molecule has 114 valence electrons. The molecule has 0 radical (unpaired) electrons. The van der Waals surface area contributed by atoms with Gasteiger partial charge in [0.1, 0.15) is 10.9 Å². The number of thiophene rings is 1. The number of nitrogens with one attached hydrogen (secondary N) is 1. The predicted octanol–water partition coefficient (Wildman–Crippen LogP) is 4.30. The van der Waals surface area contributed by atoms with Gasteiger partial charge in [-0.2, -0.15) is 0 Å². The van der Waals surface area contributed by atoms with E-state index in [1.165, 1.54) is 16.2 Å². The number of amides is 1. The third kappa shape index (κ3) is 2.91. The summed E-state index contributed by atoms with van der Waals surface area (Å²) in [6.45, 7) is 0. The average Bonchev–Trinajstić information content (AvgIpc) is 3.07. The molecule has 0 bridgehead atoms. The summed E-state index contributed by atoms with van der Waals surface area (Å²) in [4.78, 5) is 25.6. The van der Waals surface area contributed by atoms with Crippen LogP contribution in [0.1, 0.15) is 32.8 Å². The highest BCUT2D eigenvalue weighted by Crippen LogP contribution is 2.40. The molecule has 0 saturated carbocycles. The Kier molecular flexibility index (Phi) is 4.52. The van der Waals surface area contributed by atoms with Gasteiger partial charge in [0.2, 0.25) is 5.91 Å². The SMILES string of the molecule is O=C(CCl)Nc1sc2c(c1C(=O)c1ccc(Cl)cc1)CCC2. The van der Waals surface area contributed by atoms with E-state index >= 15 is 0 Å². The molecule has 1 aliphatic rings. The zero-order valence-electron chi connectivity index (χ0n) is 11.6. The van der Waals surface area contributed by atoms with Gasteiger partial charge in [-0.15, -0.1) is 22.9 Å². The van der Waals surface area contributed by atoms with E-state index in [0.717, 1.165) is 24.8 Å². The van der Waals surface area contributed by atoms with Gasteiger partial charge in [0.05, 0.1) is 5.56 Å². The molecule has 1 amide bonds. The van der Waals surface area contributed by atoms with Crippen LogP contribution in [0.25, 0.3) is 0 Å². The molecular formula is C16H13Cl2NO2S. The van der Waals surface area contributed by atoms with Gasteiger partial charge in [-0.1, -0.05) is 11.6 Å². The van der Waals surface area contributed by atoms with Crippen LogP contribution in [0.4, 0.5) is 5.00 Å². The van der Waals surface area contributed by atoms with E-state index in [0.29, 0.717) is 21.2 Å². The summed E-state index contributed by atoms with van der Waals surface area (Å²) in [5.74, 6) is -0.510. The van der Waals surface area contributed by atoms with Crippen molar-refractivity contribution in [1.82, 2.24) is 0 Å². The van der Waals surface area contributed by atoms with Crippen LogP contribution in [-0.2, 0) is 17.6 Å². The molecule has 1 aromatic heterocycles. The van der Waals surface area contributed by atoms with Crippen LogP contribution in [0, 0.1) is 0 Å². The molecule has 0 fully saturated rings. The van der Waals surface area contributed by atoms with Crippen molar-refractivity contribution < 1.29 is 9.59 Å². The molecule has 1 N–H and O–H groups in total. The molecule has 6 heteroatoms. The zero-order chi connectivity index (χ0) is 15.7. The van der Waals surface area contributed by atoms with E-state index in [2.05, 4.69) is 5.32 Å². The topological polar surface area (TPSA) is 46.2 Å². The number of halogens is 2. The van der Waals surface area contributed by atoms with E-state index in [9.17, 15) is 9.59 Å². The van der Waals surface area contributed by atoms with Gasteiger partial charge in [-0.25, -0.2) is 0 Å². The molecule has 0 unspecified atom stereocenters. The highest BCUT2D eigenvalue weighted by Gasteiger charge is 2.27. The minimum Gasteiger partial charge on any atom is -0.316 e. The first-order chi connectivity index (χ1) is 10.6. The Hall–Kier alpha value is -1.36. The third-order valence-corrected chi connectivity index (χ3v) is 5.33. The Morgan fingerprint density at radius 2 is 1.91 bits per heavy atom. The second kappa shape index (κ2) is 6.41. The average molecular weight is 354 g/mol. The predicted molar refractivity (Wildman–Crippen MR) is 90.6 cm³/mol. The van der Waals surface area contributed by atoms with Gasteiger partial charge >= 0.3 is 0 Å². The third-order valence-electron chi connectivity index (χ3n) is 3.63. The molecule has 1 heterocycles. The number of hydrogen-bond acceptors (Lipinski definition) is 3. The summed E-state index contributed by atoms with van der Waals surface area (Å²) in [7, 11) is 0. The van der Waals surface area contributed by atoms with E-state index < -0.39 is 0 Å². The summed E-state index contributed by atoms with van der Waals surface area (Å²) in [5.41, 5.74) is 2.24. The van der Waals surface area contributed by atoms with Crippen LogP contribution in [-0.4, -0.2) is 17.6 Å². The van der Waals surface area contributed by atoms with Gasteiger partial charge in [0.15, 0.2) is 5.78 Å². The lowest BCUT2D eigenvalue weighted by molar-refractivity contribution is -0.113. The molecule has 0 atom stereocenters. The van der Waals surface area contributed by atoms with Crippen molar-refractivity contribution in [3.05, 3.63) is 50.9 Å². The summed E-state index contributed by atoms with van der Waals surface area (Å²) in [6.07, 6.45) is 2.88. The number of benzene rings is 1. The van der Waals surface area contributed by atoms with Crippen molar-refractivity contribution in [3.63, 3.8) is 0 Å². The zero-order valence-corrected chi connectivity index (χ0v) is 13.9. The normalized spacial score (nSPS) is 13.0. The summed E-state index contributed by atoms with van der Waals surface area (Å²) in [6, 6.07) is 6.80. The molecule has 3 nitrogen and oxygen atoms in total. The number of anilines is 1. The number of rotatable bonds is 4. The van der Waals surface area contributed by atoms with Gasteiger partial charge < -0.3 is 5.32 Å². The molecule has 0 spiro atoms. The van der Waals surface area contributed by atoms with Gasteiger partial charge in [0.25, 0.3) is 0 Å². The van der Waals surface area contributed by atoms with E-state index in [-0.39, 0.29) is 17.6 Å². The molecule has 2 aromatic rings. The lowest BCUT2D eigenvalue weighted by Gasteiger charge is -2.07. The van der Waals surface area contributed by atoms with Crippen molar-refractivity contribution >= 4 is 51.2 Å². The van der Waals surface area contributed by atoms with Crippen LogP contribution < -0.4 is 5.32 Å². The molecular weight excluding hydrogens is 341 g/mol. The van der Waals surface area contributed by atoms with E-state index in [1.807, 2.05) is 0 Å². The van der Waals surface area contributed by atoms with E-state index in [1.54, 1.807) is 24.3 Å². The minimum atomic E-state index is -0.299. The molecule has 22 heavy (non-hydrogen) atoms. The van der Waals surface area contributed by atoms with Gasteiger partial charge in [-0.3, -0.25) is 9.59 Å². The number of hydrogen-bond donors (Lipinski definition) is 1. The summed E-state index contributed by atoms with van der Waals surface area (Å²) in [5, 5.41) is 3.95. The Labute approximate surface area is 142 Å². The van der Waals surface area contributed by atoms with Crippen LogP contribution in [0.15, 0.2) is 24.3 Å². The monoisotopic (exact) mass is 353 g/mol. The Morgan fingerprint density at radius 3 is 2.59 bits per heavy atom. The second-order valence-corrected chi connectivity index (χ2v) is 6.89. The number of carbonyl (C=O) groups excluding carboxylic acids is 2. The number of alkyl halides is 1. The van der Waals surface area contributed by atoms with Gasteiger partial charge in [-0.05, 0) is 49.1 Å². The maximum Gasteiger partial charge on any atom is 0.239 e. The van der Waals surface area contributed by atoms with Crippen LogP contribution in [0.5, 0.6) is 0 Å². The van der Waals surface area contributed by atoms with Crippen molar-refractivity contribution in [2.45, 2.75) is 19.3 Å². The lowest BCUT2D eigenvalue weighted by atomic mass is 10.0. The van der Waals surface area contributed by atoms with Crippen LogP contribution in [0.3, 0.4) is 0 Å². The van der Waals surface area contributed by atoms with Gasteiger partial charge in [0, 0.05) is 15.5 Å². The van der Waals surface area contributed by atoms with Crippen molar-refractivity contribution in [3.8, 4) is 0 Å². The molecule has 3 rings (SSSR count). The highest BCUT2D eigenvalue weighted by molar-refractivity contribution is 7.17. The second-order valence-electron chi connectivity index (χ2n) is 5.08. The first kappa shape index (κ1) is 15.5. The maximum atomic E-state index is 12.8. The van der Waals surface area contributed by atoms with E-state index in [4.69, 9.17) is 23.2 Å². The standard InChI is InChI=1S/C16H13Cl2NO2S/c17-8-13(20)19-16-14(11-2-1-3-12(11)22-16)15(21)9-4-6-10(18)7-5-9/h4-7H,1-3,8H2,(H,19,20). The van der Waals surface area contributed by atoms with Crippen LogP contribution >= 0.6 is 34.5 Å². The molecule has 1 aliphatic carbocycles. The van der Waals surface area contributed by atoms with Crippen LogP contribution in [0.2, 0.25) is 5.02 Å². The Balaban J connectivity index is 2.02. The number of carbonyl (C=O) groups is 2. The van der Waals surface area contributed by atoms with Crippen molar-refractivity contribution in [2.24, 2.45) is 0 Å². The van der Waals surface area contributed by atoms with Crippen molar-refractivity contribution in [1.29, 1.82) is 0 Å². The first-order valence-corrected chi connectivity index (χ1v) is 8.63. The quantitative estimate of drug-likeness (QED) is 0.657. The first-order valence-electron chi connectivity index (χ1n) is 6.90. The molecule has 0 saturated heterocycles. The fraction of sp³-hybridized carbons (Fsp3) is 0.250.